The quantitative estimate of drug-likeness (QED) is 0.825. The molecule has 0 amide bonds. The van der Waals surface area contributed by atoms with Crippen molar-refractivity contribution in [2.75, 3.05) is 0 Å². The lowest BCUT2D eigenvalue weighted by atomic mass is 10.1. The van der Waals surface area contributed by atoms with Crippen LogP contribution in [0.5, 0.6) is 5.75 Å². The summed E-state index contributed by atoms with van der Waals surface area (Å²) in [7, 11) is 0.141. The van der Waals surface area contributed by atoms with Gasteiger partial charge in [0.25, 0.3) is 0 Å². The van der Waals surface area contributed by atoms with Crippen LogP contribution in [0.3, 0.4) is 0 Å². The second-order valence-corrected chi connectivity index (χ2v) is 5.82. The molecule has 94 valence electrons. The lowest BCUT2D eigenvalue weighted by Gasteiger charge is -2.11. The number of hydrogen-bond acceptors (Lipinski definition) is 1. The number of aryl methyl sites for hydroxylation is 3. The van der Waals surface area contributed by atoms with Gasteiger partial charge in [-0.2, -0.15) is 0 Å². The van der Waals surface area contributed by atoms with Crippen molar-refractivity contribution in [3.63, 3.8) is 0 Å². The van der Waals surface area contributed by atoms with E-state index in [2.05, 4.69) is 0 Å². The molecule has 1 N–H and O–H groups in total. The smallest absolute Gasteiger partial charge is 0.131 e. The van der Waals surface area contributed by atoms with Gasteiger partial charge in [-0.15, -0.1) is 0 Å². The van der Waals surface area contributed by atoms with Crippen LogP contribution in [0.15, 0.2) is 30.3 Å². The molecule has 0 saturated heterocycles. The van der Waals surface area contributed by atoms with Gasteiger partial charge in [-0.3, -0.25) is 0 Å². The molecule has 0 aromatic heterocycles. The Morgan fingerprint density at radius 2 is 1.78 bits per heavy atom. The number of benzene rings is 2. The van der Waals surface area contributed by atoms with Crippen LogP contribution >= 0.6 is 8.58 Å². The number of phenols is 1. The molecule has 2 aromatic carbocycles. The summed E-state index contributed by atoms with van der Waals surface area (Å²) in [5, 5.41) is 11.5. The van der Waals surface area contributed by atoms with Gasteiger partial charge in [-0.25, -0.2) is 4.39 Å². The fourth-order valence-electron chi connectivity index (χ4n) is 1.98. The molecule has 2 rings (SSSR count). The topological polar surface area (TPSA) is 20.2 Å². The van der Waals surface area contributed by atoms with Gasteiger partial charge in [-0.1, -0.05) is 26.8 Å². The zero-order valence-corrected chi connectivity index (χ0v) is 11.7. The van der Waals surface area contributed by atoms with Crippen LogP contribution in [0.2, 0.25) is 0 Å². The molecule has 0 heterocycles. The number of halogens is 1. The minimum Gasteiger partial charge on any atom is -0.507 e. The monoisotopic (exact) mass is 262 g/mol. The average molecular weight is 262 g/mol. The number of phenolic OH excluding ortho intramolecular Hbond substituents is 1. The molecule has 0 aliphatic heterocycles. The molecular formula is C15H16FOP. The molecule has 1 atom stereocenters. The van der Waals surface area contributed by atoms with Crippen molar-refractivity contribution in [1.29, 1.82) is 0 Å². The Bertz CT molecular complexity index is 573. The van der Waals surface area contributed by atoms with Crippen LogP contribution in [0, 0.1) is 26.6 Å². The van der Waals surface area contributed by atoms with Crippen molar-refractivity contribution in [3.8, 4) is 5.75 Å². The van der Waals surface area contributed by atoms with Crippen molar-refractivity contribution >= 4 is 19.2 Å². The van der Waals surface area contributed by atoms with Crippen LogP contribution < -0.4 is 10.6 Å². The molecule has 0 radical (unpaired) electrons. The van der Waals surface area contributed by atoms with E-state index >= 15 is 0 Å². The molecule has 18 heavy (non-hydrogen) atoms. The normalized spacial score (nSPS) is 11.3. The van der Waals surface area contributed by atoms with E-state index in [1.807, 2.05) is 39.0 Å². The Kier molecular flexibility index (Phi) is 3.68. The first kappa shape index (κ1) is 13.0. The summed E-state index contributed by atoms with van der Waals surface area (Å²) in [6.45, 7) is 5.74. The second kappa shape index (κ2) is 5.07. The maximum absolute atomic E-state index is 13.8. The first-order valence-electron chi connectivity index (χ1n) is 5.81. The Labute approximate surface area is 108 Å². The van der Waals surface area contributed by atoms with Crippen molar-refractivity contribution < 1.29 is 9.50 Å². The number of rotatable bonds is 2. The highest BCUT2D eigenvalue weighted by atomic mass is 31.1. The Hall–Kier alpha value is -1.40. The van der Waals surface area contributed by atoms with Crippen molar-refractivity contribution in [2.24, 2.45) is 0 Å². The molecule has 0 saturated carbocycles. The van der Waals surface area contributed by atoms with E-state index in [-0.39, 0.29) is 20.1 Å². The van der Waals surface area contributed by atoms with Gasteiger partial charge in [0.1, 0.15) is 11.6 Å². The highest BCUT2D eigenvalue weighted by Crippen LogP contribution is 2.25. The van der Waals surface area contributed by atoms with Gasteiger partial charge in [0.05, 0.1) is 0 Å². The third-order valence-corrected chi connectivity index (χ3v) is 4.46. The summed E-state index contributed by atoms with van der Waals surface area (Å²) in [5.41, 5.74) is 2.85. The first-order valence-corrected chi connectivity index (χ1v) is 6.81. The van der Waals surface area contributed by atoms with E-state index in [1.165, 1.54) is 6.07 Å². The van der Waals surface area contributed by atoms with Crippen LogP contribution in [0.1, 0.15) is 16.7 Å². The third kappa shape index (κ3) is 2.54. The van der Waals surface area contributed by atoms with Crippen molar-refractivity contribution in [3.05, 3.63) is 52.8 Å². The molecule has 0 aliphatic carbocycles. The molecule has 0 bridgehead atoms. The summed E-state index contributed by atoms with van der Waals surface area (Å²) < 4.78 is 13.8. The van der Waals surface area contributed by atoms with E-state index in [4.69, 9.17) is 0 Å². The highest BCUT2D eigenvalue weighted by molar-refractivity contribution is 7.55. The Morgan fingerprint density at radius 1 is 1.06 bits per heavy atom. The van der Waals surface area contributed by atoms with Crippen molar-refractivity contribution in [2.45, 2.75) is 20.8 Å². The standard InChI is InChI=1S/C15H16FOP/c1-9-7-11(3)14(17)13(8-9)18-15-10(2)5-4-6-12(15)16/h4-8,17-18H,1-3H3. The lowest BCUT2D eigenvalue weighted by molar-refractivity contribution is 0.475. The van der Waals surface area contributed by atoms with Gasteiger partial charge in [0.2, 0.25) is 0 Å². The molecule has 3 heteroatoms. The molecule has 2 aromatic rings. The first-order chi connectivity index (χ1) is 8.49. The van der Waals surface area contributed by atoms with E-state index in [9.17, 15) is 9.50 Å². The van der Waals surface area contributed by atoms with Gasteiger partial charge >= 0.3 is 0 Å². The maximum atomic E-state index is 13.8. The van der Waals surface area contributed by atoms with E-state index in [0.717, 1.165) is 22.0 Å². The minimum absolute atomic E-state index is 0.141. The molecule has 1 nitrogen and oxygen atoms in total. The van der Waals surface area contributed by atoms with E-state index in [0.29, 0.717) is 5.30 Å². The zero-order chi connectivity index (χ0) is 13.3. The Morgan fingerprint density at radius 3 is 2.44 bits per heavy atom. The molecular weight excluding hydrogens is 246 g/mol. The van der Waals surface area contributed by atoms with Crippen LogP contribution in [-0.2, 0) is 0 Å². The van der Waals surface area contributed by atoms with E-state index in [1.54, 1.807) is 6.07 Å². The Balaban J connectivity index is 2.46. The summed E-state index contributed by atoms with van der Waals surface area (Å²) in [4.78, 5) is 0. The zero-order valence-electron chi connectivity index (χ0n) is 10.7. The molecule has 0 fully saturated rings. The van der Waals surface area contributed by atoms with E-state index < -0.39 is 0 Å². The highest BCUT2D eigenvalue weighted by Gasteiger charge is 2.11. The largest absolute Gasteiger partial charge is 0.507 e. The van der Waals surface area contributed by atoms with Crippen LogP contribution in [0.4, 0.5) is 4.39 Å². The SMILES string of the molecule is Cc1cc(C)c(O)c(Pc2c(C)cccc2F)c1. The van der Waals surface area contributed by atoms with Gasteiger partial charge < -0.3 is 5.11 Å². The summed E-state index contributed by atoms with van der Waals surface area (Å²) in [6, 6.07) is 8.92. The van der Waals surface area contributed by atoms with Crippen LogP contribution in [-0.4, -0.2) is 5.11 Å². The average Bonchev–Trinajstić information content (AvgIpc) is 2.30. The maximum Gasteiger partial charge on any atom is 0.131 e. The number of aromatic hydroxyl groups is 1. The second-order valence-electron chi connectivity index (χ2n) is 4.53. The molecule has 0 aliphatic rings. The lowest BCUT2D eigenvalue weighted by Crippen LogP contribution is -2.12. The summed E-state index contributed by atoms with van der Waals surface area (Å²) >= 11 is 0. The summed E-state index contributed by atoms with van der Waals surface area (Å²) in [6.07, 6.45) is 0. The van der Waals surface area contributed by atoms with Gasteiger partial charge in [0, 0.05) is 10.6 Å². The number of hydrogen-bond donors (Lipinski definition) is 1. The minimum atomic E-state index is -0.202. The predicted molar refractivity (Wildman–Crippen MR) is 76.3 cm³/mol. The van der Waals surface area contributed by atoms with Gasteiger partial charge in [0.15, 0.2) is 0 Å². The van der Waals surface area contributed by atoms with Crippen molar-refractivity contribution in [1.82, 2.24) is 0 Å². The predicted octanol–water partition coefficient (Wildman–Crippen LogP) is 3.09. The fourth-order valence-corrected chi connectivity index (χ4v) is 3.35. The molecule has 0 spiro atoms. The fraction of sp³-hybridized carbons (Fsp3) is 0.200. The van der Waals surface area contributed by atoms with Crippen LogP contribution in [0.25, 0.3) is 0 Å². The third-order valence-electron chi connectivity index (χ3n) is 2.93. The van der Waals surface area contributed by atoms with Gasteiger partial charge in [-0.05, 0) is 49.6 Å². The summed E-state index contributed by atoms with van der Waals surface area (Å²) in [5.74, 6) is 0.0773. The molecule has 1 unspecified atom stereocenters.